The van der Waals surface area contributed by atoms with Crippen molar-refractivity contribution in [2.45, 2.75) is 26.3 Å². The highest BCUT2D eigenvalue weighted by atomic mass is 32.2. The molecule has 0 bridgehead atoms. The Labute approximate surface area is 185 Å². The smallest absolute Gasteiger partial charge is 0.330 e. The predicted molar refractivity (Wildman–Crippen MR) is 122 cm³/mol. The van der Waals surface area contributed by atoms with Crippen LogP contribution in [0.25, 0.3) is 0 Å². The van der Waals surface area contributed by atoms with Crippen LogP contribution >= 0.6 is 0 Å². The second-order valence-electron chi connectivity index (χ2n) is 7.38. The fraction of sp³-hybridized carbons (Fsp3) is 0.450. The van der Waals surface area contributed by atoms with Crippen LogP contribution in [0.4, 0.5) is 17.2 Å². The molecule has 0 spiro atoms. The van der Waals surface area contributed by atoms with Gasteiger partial charge >= 0.3 is 5.69 Å². The summed E-state index contributed by atoms with van der Waals surface area (Å²) >= 11 is 0. The Hall–Kier alpha value is -3.12. The lowest BCUT2D eigenvalue weighted by molar-refractivity contribution is 0.0975. The first kappa shape index (κ1) is 23.5. The number of rotatable bonds is 8. The first-order valence-electron chi connectivity index (χ1n) is 10.2. The van der Waals surface area contributed by atoms with Crippen LogP contribution in [-0.2, 0) is 21.3 Å². The van der Waals surface area contributed by atoms with Gasteiger partial charge in [0.2, 0.25) is 10.0 Å². The van der Waals surface area contributed by atoms with E-state index in [1.54, 1.807) is 12.1 Å². The lowest BCUT2D eigenvalue weighted by Crippen LogP contribution is -2.42. The van der Waals surface area contributed by atoms with Crippen molar-refractivity contribution in [2.75, 3.05) is 47.5 Å². The number of sulfonamides is 1. The molecule has 3 rings (SSSR count). The molecule has 32 heavy (non-hydrogen) atoms. The number of aromatic nitrogens is 2. The van der Waals surface area contributed by atoms with Crippen molar-refractivity contribution < 1.29 is 17.9 Å². The third kappa shape index (κ3) is 4.55. The number of ether oxygens (including phenoxy) is 1. The lowest BCUT2D eigenvalue weighted by Gasteiger charge is -2.24. The number of nitrogen functional groups attached to an aromatic ring is 1. The molecule has 1 aromatic carbocycles. The average Bonchev–Trinajstić information content (AvgIpc) is 3.12. The lowest BCUT2D eigenvalue weighted by atomic mass is 10.1. The molecule has 1 saturated heterocycles. The minimum atomic E-state index is -3.34. The van der Waals surface area contributed by atoms with Crippen LogP contribution in [0.3, 0.4) is 0 Å². The molecule has 174 valence electrons. The monoisotopic (exact) mass is 465 g/mol. The van der Waals surface area contributed by atoms with Gasteiger partial charge in [-0.25, -0.2) is 13.2 Å². The van der Waals surface area contributed by atoms with Crippen LogP contribution < -0.4 is 26.2 Å². The zero-order valence-corrected chi connectivity index (χ0v) is 18.9. The van der Waals surface area contributed by atoms with Gasteiger partial charge in [-0.2, -0.15) is 0 Å². The summed E-state index contributed by atoms with van der Waals surface area (Å²) in [6.07, 6.45) is 1.14. The number of aromatic amines is 1. The summed E-state index contributed by atoms with van der Waals surface area (Å²) in [7, 11) is -1.89. The molecule has 11 nitrogen and oxygen atoms in total. The Balaban J connectivity index is 2.00. The Morgan fingerprint density at radius 3 is 2.50 bits per heavy atom. The number of hydrogen-bond donors (Lipinski definition) is 2. The van der Waals surface area contributed by atoms with E-state index in [0.717, 1.165) is 0 Å². The van der Waals surface area contributed by atoms with Gasteiger partial charge in [0.1, 0.15) is 5.82 Å². The van der Waals surface area contributed by atoms with E-state index in [0.29, 0.717) is 25.1 Å². The molecule has 0 radical (unpaired) electrons. The molecule has 2 heterocycles. The molecular weight excluding hydrogens is 438 g/mol. The Morgan fingerprint density at radius 2 is 1.94 bits per heavy atom. The summed E-state index contributed by atoms with van der Waals surface area (Å²) in [5, 5.41) is 0. The van der Waals surface area contributed by atoms with E-state index in [9.17, 15) is 22.8 Å². The van der Waals surface area contributed by atoms with Gasteiger partial charge in [0, 0.05) is 32.3 Å². The maximum absolute atomic E-state index is 13.3. The third-order valence-corrected chi connectivity index (χ3v) is 7.07. The maximum atomic E-state index is 13.3. The van der Waals surface area contributed by atoms with Gasteiger partial charge in [-0.1, -0.05) is 6.92 Å². The van der Waals surface area contributed by atoms with Crippen LogP contribution in [0.2, 0.25) is 0 Å². The molecule has 0 atom stereocenters. The summed E-state index contributed by atoms with van der Waals surface area (Å²) < 4.78 is 31.9. The Kier molecular flexibility index (Phi) is 7.04. The SMILES string of the molecule is CCCn1c(N)c(N(CCOC)C(=O)c2ccc(N3CCCS3(=O)=O)cc2)c(=O)[nH]c1=O. The van der Waals surface area contributed by atoms with Gasteiger partial charge in [0.25, 0.3) is 11.5 Å². The van der Waals surface area contributed by atoms with Gasteiger partial charge in [-0.05, 0) is 37.1 Å². The maximum Gasteiger partial charge on any atom is 0.330 e. The highest BCUT2D eigenvalue weighted by Crippen LogP contribution is 2.25. The second-order valence-corrected chi connectivity index (χ2v) is 9.40. The van der Waals surface area contributed by atoms with Gasteiger partial charge < -0.3 is 10.5 Å². The summed E-state index contributed by atoms with van der Waals surface area (Å²) in [4.78, 5) is 41.4. The highest BCUT2D eigenvalue weighted by molar-refractivity contribution is 7.93. The number of nitrogens with one attached hydrogen (secondary N) is 1. The summed E-state index contributed by atoms with van der Waals surface area (Å²) in [5.41, 5.74) is 5.28. The molecule has 1 aromatic heterocycles. The van der Waals surface area contributed by atoms with Gasteiger partial charge in [0.15, 0.2) is 5.69 Å². The minimum absolute atomic E-state index is 0.0230. The molecule has 0 saturated carbocycles. The molecule has 3 N–H and O–H groups in total. The first-order valence-corrected chi connectivity index (χ1v) is 11.9. The number of nitrogens with two attached hydrogens (primary N) is 1. The third-order valence-electron chi connectivity index (χ3n) is 5.20. The number of methoxy groups -OCH3 is 1. The fourth-order valence-corrected chi connectivity index (χ4v) is 5.20. The van der Waals surface area contributed by atoms with Crippen LogP contribution in [0.15, 0.2) is 33.9 Å². The quantitative estimate of drug-likeness (QED) is 0.572. The van der Waals surface area contributed by atoms with E-state index in [-0.39, 0.29) is 42.5 Å². The van der Waals surface area contributed by atoms with Crippen molar-refractivity contribution in [1.29, 1.82) is 0 Å². The van der Waals surface area contributed by atoms with E-state index >= 15 is 0 Å². The van der Waals surface area contributed by atoms with E-state index in [4.69, 9.17) is 10.5 Å². The molecule has 0 aliphatic carbocycles. The van der Waals surface area contributed by atoms with E-state index in [1.807, 2.05) is 6.92 Å². The molecule has 12 heteroatoms. The van der Waals surface area contributed by atoms with Crippen LogP contribution in [0, 0.1) is 0 Å². The van der Waals surface area contributed by atoms with Crippen molar-refractivity contribution >= 4 is 33.1 Å². The number of anilines is 3. The first-order chi connectivity index (χ1) is 15.2. The number of carbonyl (C=O) groups excluding carboxylic acids is 1. The molecular formula is C20H27N5O6S. The molecule has 1 aliphatic heterocycles. The number of benzene rings is 1. The van der Waals surface area contributed by atoms with Crippen molar-refractivity contribution in [2.24, 2.45) is 0 Å². The van der Waals surface area contributed by atoms with Crippen molar-refractivity contribution in [3.05, 3.63) is 50.7 Å². The summed E-state index contributed by atoms with van der Waals surface area (Å²) in [5.74, 6) is -0.546. The van der Waals surface area contributed by atoms with Gasteiger partial charge in [-0.3, -0.25) is 28.3 Å². The van der Waals surface area contributed by atoms with Crippen LogP contribution in [0.1, 0.15) is 30.1 Å². The Bertz CT molecular complexity index is 1200. The standard InChI is InChI=1S/C20H27N5O6S/c1-3-9-24-17(21)16(18(26)22-20(24)28)23(11-12-31-2)19(27)14-5-7-15(8-6-14)25-10-4-13-32(25,29)30/h5-8H,3-4,9-13,21H2,1-2H3,(H,22,26,28). The van der Waals surface area contributed by atoms with E-state index < -0.39 is 27.2 Å². The number of nitrogens with zero attached hydrogens (tertiary/aromatic N) is 3. The topological polar surface area (TPSA) is 148 Å². The highest BCUT2D eigenvalue weighted by Gasteiger charge is 2.29. The predicted octanol–water partition coefficient (Wildman–Crippen LogP) is 0.362. The molecule has 1 amide bonds. The zero-order chi connectivity index (χ0) is 23.5. The number of carbonyl (C=O) groups is 1. The summed E-state index contributed by atoms with van der Waals surface area (Å²) in [6.45, 7) is 2.67. The molecule has 1 aliphatic rings. The number of hydrogen-bond acceptors (Lipinski definition) is 7. The van der Waals surface area contributed by atoms with Gasteiger partial charge in [-0.15, -0.1) is 0 Å². The Morgan fingerprint density at radius 1 is 1.25 bits per heavy atom. The average molecular weight is 466 g/mol. The normalized spacial score (nSPS) is 15.1. The van der Waals surface area contributed by atoms with Crippen molar-refractivity contribution in [3.8, 4) is 0 Å². The van der Waals surface area contributed by atoms with E-state index in [2.05, 4.69) is 4.98 Å². The van der Waals surface area contributed by atoms with Crippen molar-refractivity contribution in [1.82, 2.24) is 9.55 Å². The zero-order valence-electron chi connectivity index (χ0n) is 18.0. The second kappa shape index (κ2) is 9.57. The van der Waals surface area contributed by atoms with E-state index in [1.165, 1.54) is 33.0 Å². The minimum Gasteiger partial charge on any atom is -0.383 e. The molecule has 1 fully saturated rings. The fourth-order valence-electron chi connectivity index (χ4n) is 3.64. The number of H-pyrrole nitrogens is 1. The molecule has 2 aromatic rings. The van der Waals surface area contributed by atoms with Crippen LogP contribution in [-0.4, -0.2) is 56.4 Å². The number of amides is 1. The molecule has 0 unspecified atom stereocenters. The van der Waals surface area contributed by atoms with Gasteiger partial charge in [0.05, 0.1) is 18.0 Å². The largest absolute Gasteiger partial charge is 0.383 e. The summed E-state index contributed by atoms with van der Waals surface area (Å²) in [6, 6.07) is 6.10. The van der Waals surface area contributed by atoms with Crippen LogP contribution in [0.5, 0.6) is 0 Å². The van der Waals surface area contributed by atoms with Crippen molar-refractivity contribution in [3.63, 3.8) is 0 Å².